The highest BCUT2D eigenvalue weighted by Crippen LogP contribution is 2.18. The van der Waals surface area contributed by atoms with Crippen molar-refractivity contribution in [3.8, 4) is 11.9 Å². The molecule has 23 heavy (non-hydrogen) atoms. The zero-order valence-electron chi connectivity index (χ0n) is 12.3. The van der Waals surface area contributed by atoms with E-state index < -0.39 is 5.56 Å². The van der Waals surface area contributed by atoms with Crippen molar-refractivity contribution in [2.75, 3.05) is 11.1 Å². The van der Waals surface area contributed by atoms with Crippen LogP contribution in [0, 0.1) is 11.3 Å². The summed E-state index contributed by atoms with van der Waals surface area (Å²) >= 11 is 0.987. The molecule has 0 saturated carbocycles. The Kier molecular flexibility index (Phi) is 5.38. The maximum absolute atomic E-state index is 11.9. The third-order valence-corrected chi connectivity index (χ3v) is 3.86. The Morgan fingerprint density at radius 1 is 1.48 bits per heavy atom. The number of aromatic amines is 1. The minimum atomic E-state index is -0.419. The fourth-order valence-corrected chi connectivity index (χ4v) is 2.52. The van der Waals surface area contributed by atoms with Gasteiger partial charge in [-0.05, 0) is 18.6 Å². The zero-order chi connectivity index (χ0) is 16.8. The third-order valence-electron chi connectivity index (χ3n) is 2.99. The highest BCUT2D eigenvalue weighted by Gasteiger charge is 2.11. The van der Waals surface area contributed by atoms with E-state index in [0.717, 1.165) is 11.8 Å². The number of amides is 1. The molecule has 1 aromatic carbocycles. The molecular formula is C15H14N4O3S. The summed E-state index contributed by atoms with van der Waals surface area (Å²) in [5.74, 6) is -0.693. The van der Waals surface area contributed by atoms with Crippen molar-refractivity contribution in [2.24, 2.45) is 0 Å². The number of anilines is 1. The summed E-state index contributed by atoms with van der Waals surface area (Å²) in [6.07, 6.45) is 0.366. The van der Waals surface area contributed by atoms with Gasteiger partial charge in [0, 0.05) is 0 Å². The van der Waals surface area contributed by atoms with Gasteiger partial charge < -0.3 is 15.4 Å². The lowest BCUT2D eigenvalue weighted by Crippen LogP contribution is -2.17. The summed E-state index contributed by atoms with van der Waals surface area (Å²) in [7, 11) is 0. The van der Waals surface area contributed by atoms with Gasteiger partial charge in [-0.25, -0.2) is 0 Å². The molecule has 0 aliphatic rings. The first-order valence-corrected chi connectivity index (χ1v) is 7.77. The molecule has 0 aliphatic carbocycles. The summed E-state index contributed by atoms with van der Waals surface area (Å²) in [6, 6.07) is 8.63. The third kappa shape index (κ3) is 4.11. The first-order valence-electron chi connectivity index (χ1n) is 6.79. The van der Waals surface area contributed by atoms with Gasteiger partial charge in [0.15, 0.2) is 5.16 Å². The molecule has 0 bridgehead atoms. The number of hydrogen-bond acceptors (Lipinski definition) is 6. The number of rotatable bonds is 5. The lowest BCUT2D eigenvalue weighted by atomic mass is 10.2. The Bertz CT molecular complexity index is 826. The molecule has 0 radical (unpaired) electrons. The summed E-state index contributed by atoms with van der Waals surface area (Å²) in [5, 5.41) is 21.4. The molecule has 0 aliphatic heterocycles. The fourth-order valence-electron chi connectivity index (χ4n) is 1.86. The van der Waals surface area contributed by atoms with Gasteiger partial charge in [-0.15, -0.1) is 0 Å². The van der Waals surface area contributed by atoms with E-state index >= 15 is 0 Å². The maximum Gasteiger partial charge on any atom is 0.258 e. The number of para-hydroxylation sites is 1. The van der Waals surface area contributed by atoms with Gasteiger partial charge in [0.1, 0.15) is 6.07 Å². The van der Waals surface area contributed by atoms with Crippen molar-refractivity contribution in [3.63, 3.8) is 0 Å². The standard InChI is InChI=1S/C15H14N4O3S/c1-2-10-13(21)18-15(19-14(10)22)23-8-12(20)17-11-6-4-3-5-9(11)7-16/h3-6H,2,8H2,1H3,(H,17,20)(H2,18,19,21,22). The number of thioether (sulfide) groups is 1. The van der Waals surface area contributed by atoms with Gasteiger partial charge in [-0.3, -0.25) is 9.59 Å². The molecule has 3 N–H and O–H groups in total. The number of nitrogens with zero attached hydrogens (tertiary/aromatic N) is 2. The van der Waals surface area contributed by atoms with Crippen LogP contribution in [-0.2, 0) is 11.2 Å². The molecule has 2 aromatic rings. The number of H-pyrrole nitrogens is 1. The topological polar surface area (TPSA) is 119 Å². The first kappa shape index (κ1) is 16.6. The van der Waals surface area contributed by atoms with Crippen LogP contribution in [0.5, 0.6) is 5.88 Å². The van der Waals surface area contributed by atoms with Crippen molar-refractivity contribution in [2.45, 2.75) is 18.5 Å². The first-order chi connectivity index (χ1) is 11.0. The highest BCUT2D eigenvalue weighted by atomic mass is 32.2. The van der Waals surface area contributed by atoms with Crippen molar-refractivity contribution in [3.05, 3.63) is 45.7 Å². The van der Waals surface area contributed by atoms with Crippen molar-refractivity contribution in [1.29, 1.82) is 5.26 Å². The Morgan fingerprint density at radius 2 is 2.22 bits per heavy atom. The van der Waals surface area contributed by atoms with Crippen LogP contribution in [0.25, 0.3) is 0 Å². The van der Waals surface area contributed by atoms with Gasteiger partial charge in [-0.1, -0.05) is 30.8 Å². The Morgan fingerprint density at radius 3 is 2.87 bits per heavy atom. The van der Waals surface area contributed by atoms with Gasteiger partial charge in [0.25, 0.3) is 5.56 Å². The molecule has 118 valence electrons. The van der Waals surface area contributed by atoms with E-state index in [9.17, 15) is 14.7 Å². The average Bonchev–Trinajstić information content (AvgIpc) is 2.53. The number of benzene rings is 1. The number of nitriles is 1. The lowest BCUT2D eigenvalue weighted by molar-refractivity contribution is -0.113. The molecule has 7 nitrogen and oxygen atoms in total. The van der Waals surface area contributed by atoms with Crippen LogP contribution < -0.4 is 10.9 Å². The molecule has 0 fully saturated rings. The second-order valence-electron chi connectivity index (χ2n) is 4.52. The largest absolute Gasteiger partial charge is 0.493 e. The SMILES string of the molecule is CCc1c(O)nc(SCC(=O)Nc2ccccc2C#N)[nH]c1=O. The molecule has 0 unspecified atom stereocenters. The predicted molar refractivity (Wildman–Crippen MR) is 86.4 cm³/mol. The summed E-state index contributed by atoms with van der Waals surface area (Å²) < 4.78 is 0. The molecule has 0 spiro atoms. The van der Waals surface area contributed by atoms with E-state index in [4.69, 9.17) is 5.26 Å². The van der Waals surface area contributed by atoms with Crippen LogP contribution in [0.4, 0.5) is 5.69 Å². The summed E-state index contributed by atoms with van der Waals surface area (Å²) in [4.78, 5) is 30.0. The Hall–Kier alpha value is -2.79. The number of aromatic hydroxyl groups is 1. The van der Waals surface area contributed by atoms with Crippen LogP contribution in [0.2, 0.25) is 0 Å². The number of carbonyl (C=O) groups excluding carboxylic acids is 1. The van der Waals surface area contributed by atoms with E-state index in [0.29, 0.717) is 17.7 Å². The van der Waals surface area contributed by atoms with E-state index in [1.54, 1.807) is 31.2 Å². The maximum atomic E-state index is 11.9. The molecule has 0 saturated heterocycles. The number of carbonyl (C=O) groups is 1. The number of hydrogen-bond donors (Lipinski definition) is 3. The summed E-state index contributed by atoms with van der Waals surface area (Å²) in [5.41, 5.74) is 0.577. The lowest BCUT2D eigenvalue weighted by Gasteiger charge is -2.07. The summed E-state index contributed by atoms with van der Waals surface area (Å²) in [6.45, 7) is 1.73. The smallest absolute Gasteiger partial charge is 0.258 e. The van der Waals surface area contributed by atoms with E-state index in [2.05, 4.69) is 15.3 Å². The van der Waals surface area contributed by atoms with Crippen molar-refractivity contribution in [1.82, 2.24) is 9.97 Å². The second-order valence-corrected chi connectivity index (χ2v) is 5.49. The Labute approximate surface area is 136 Å². The van der Waals surface area contributed by atoms with Crippen molar-refractivity contribution >= 4 is 23.4 Å². The van der Waals surface area contributed by atoms with E-state index in [1.807, 2.05) is 6.07 Å². The predicted octanol–water partition coefficient (Wildman–Crippen LogP) is 1.64. The molecule has 2 rings (SSSR count). The van der Waals surface area contributed by atoms with E-state index in [-0.39, 0.29) is 28.3 Å². The second kappa shape index (κ2) is 7.47. The van der Waals surface area contributed by atoms with Crippen LogP contribution in [0.15, 0.2) is 34.2 Å². The van der Waals surface area contributed by atoms with Gasteiger partial charge in [-0.2, -0.15) is 10.2 Å². The highest BCUT2D eigenvalue weighted by molar-refractivity contribution is 7.99. The van der Waals surface area contributed by atoms with Crippen LogP contribution in [-0.4, -0.2) is 26.7 Å². The van der Waals surface area contributed by atoms with Crippen LogP contribution >= 0.6 is 11.8 Å². The fraction of sp³-hybridized carbons (Fsp3) is 0.200. The molecular weight excluding hydrogens is 316 g/mol. The quantitative estimate of drug-likeness (QED) is 0.566. The molecule has 1 aromatic heterocycles. The normalized spacial score (nSPS) is 10.1. The minimum absolute atomic E-state index is 0.0202. The van der Waals surface area contributed by atoms with Gasteiger partial charge in [0.2, 0.25) is 11.8 Å². The number of aromatic nitrogens is 2. The van der Waals surface area contributed by atoms with E-state index in [1.165, 1.54) is 0 Å². The van der Waals surface area contributed by atoms with Crippen LogP contribution in [0.1, 0.15) is 18.1 Å². The molecule has 8 heteroatoms. The van der Waals surface area contributed by atoms with Crippen molar-refractivity contribution < 1.29 is 9.90 Å². The average molecular weight is 330 g/mol. The molecule has 0 atom stereocenters. The molecule has 1 amide bonds. The monoisotopic (exact) mass is 330 g/mol. The minimum Gasteiger partial charge on any atom is -0.493 e. The number of nitrogens with one attached hydrogen (secondary N) is 2. The van der Waals surface area contributed by atoms with Crippen LogP contribution in [0.3, 0.4) is 0 Å². The molecule has 1 heterocycles. The zero-order valence-corrected chi connectivity index (χ0v) is 13.1. The Balaban J connectivity index is 2.03. The van der Waals surface area contributed by atoms with Gasteiger partial charge in [0.05, 0.1) is 22.6 Å². The van der Waals surface area contributed by atoms with Gasteiger partial charge >= 0.3 is 0 Å².